The van der Waals surface area contributed by atoms with Crippen molar-refractivity contribution in [1.82, 2.24) is 10.2 Å². The lowest BCUT2D eigenvalue weighted by Crippen LogP contribution is -2.42. The number of ether oxygens (including phenoxy) is 1. The Morgan fingerprint density at radius 2 is 1.74 bits per heavy atom. The minimum Gasteiger partial charge on any atom is -0.444 e. The van der Waals surface area contributed by atoms with Crippen LogP contribution in [0.25, 0.3) is 21.2 Å². The molecule has 2 amide bonds. The maximum Gasteiger partial charge on any atom is 0.407 e. The van der Waals surface area contributed by atoms with Gasteiger partial charge in [-0.15, -0.1) is 11.3 Å². The number of thiophene rings is 1. The number of hydrogen-bond acceptors (Lipinski definition) is 4. The van der Waals surface area contributed by atoms with Crippen LogP contribution in [0.4, 0.5) is 13.6 Å². The number of carbonyl (C=O) groups is 2. The number of benzene rings is 2. The van der Waals surface area contributed by atoms with Crippen LogP contribution in [-0.4, -0.2) is 41.5 Å². The summed E-state index contributed by atoms with van der Waals surface area (Å²) >= 11 is 8.06. The van der Waals surface area contributed by atoms with Crippen molar-refractivity contribution in [1.29, 1.82) is 0 Å². The first-order valence-electron chi connectivity index (χ1n) is 11.4. The van der Waals surface area contributed by atoms with Gasteiger partial charge in [0.05, 0.1) is 16.3 Å². The zero-order valence-electron chi connectivity index (χ0n) is 19.8. The molecular formula is C26H27ClF2N2O3S. The van der Waals surface area contributed by atoms with E-state index in [1.54, 1.807) is 12.1 Å². The Balaban J connectivity index is 1.47. The fourth-order valence-electron chi connectivity index (χ4n) is 3.92. The number of amides is 2. The fraction of sp³-hybridized carbons (Fsp3) is 0.385. The minimum atomic E-state index is -2.69. The predicted molar refractivity (Wildman–Crippen MR) is 135 cm³/mol. The molecule has 1 aromatic heterocycles. The van der Waals surface area contributed by atoms with Crippen molar-refractivity contribution in [3.8, 4) is 11.1 Å². The second-order valence-electron chi connectivity index (χ2n) is 9.67. The van der Waals surface area contributed by atoms with Crippen LogP contribution in [0.1, 0.15) is 48.8 Å². The molecule has 9 heteroatoms. The van der Waals surface area contributed by atoms with E-state index in [0.29, 0.717) is 17.1 Å². The number of fused-ring (bicyclic) bond motifs is 1. The summed E-state index contributed by atoms with van der Waals surface area (Å²) in [7, 11) is 0. The normalized spacial score (nSPS) is 15.8. The molecule has 4 rings (SSSR count). The van der Waals surface area contributed by atoms with E-state index in [0.717, 1.165) is 26.1 Å². The van der Waals surface area contributed by atoms with Crippen molar-refractivity contribution < 1.29 is 23.1 Å². The highest BCUT2D eigenvalue weighted by Crippen LogP contribution is 2.36. The zero-order valence-corrected chi connectivity index (χ0v) is 21.4. The van der Waals surface area contributed by atoms with Crippen molar-refractivity contribution in [3.63, 3.8) is 0 Å². The molecule has 1 N–H and O–H groups in total. The van der Waals surface area contributed by atoms with Crippen molar-refractivity contribution in [3.05, 3.63) is 57.9 Å². The zero-order chi connectivity index (χ0) is 25.4. The number of alkyl carbamates (subject to hydrolysis) is 1. The average molecular weight is 521 g/mol. The van der Waals surface area contributed by atoms with Gasteiger partial charge in [0.15, 0.2) is 0 Å². The lowest BCUT2D eigenvalue weighted by atomic mass is 10.0. The summed E-state index contributed by atoms with van der Waals surface area (Å²) in [6.07, 6.45) is -1.08. The smallest absolute Gasteiger partial charge is 0.407 e. The summed E-state index contributed by atoms with van der Waals surface area (Å²) < 4.78 is 33.0. The van der Waals surface area contributed by atoms with Crippen LogP contribution in [0.15, 0.2) is 42.5 Å². The Morgan fingerprint density at radius 1 is 1.09 bits per heavy atom. The van der Waals surface area contributed by atoms with Crippen molar-refractivity contribution >= 4 is 45.0 Å². The van der Waals surface area contributed by atoms with E-state index >= 15 is 0 Å². The number of carbonyl (C=O) groups excluding carboxylic acids is 2. The lowest BCUT2D eigenvalue weighted by molar-refractivity contribution is -0.0494. The Morgan fingerprint density at radius 3 is 2.37 bits per heavy atom. The number of halogens is 3. The van der Waals surface area contributed by atoms with Gasteiger partial charge in [-0.3, -0.25) is 4.79 Å². The van der Waals surface area contributed by atoms with Crippen molar-refractivity contribution in [2.45, 2.75) is 51.7 Å². The number of nitrogens with zero attached hydrogens (tertiary/aromatic N) is 1. The third-order valence-electron chi connectivity index (χ3n) is 5.68. The van der Waals surface area contributed by atoms with Crippen molar-refractivity contribution in [2.24, 2.45) is 0 Å². The van der Waals surface area contributed by atoms with Gasteiger partial charge in [-0.1, -0.05) is 23.7 Å². The number of piperidine rings is 1. The molecule has 0 bridgehead atoms. The average Bonchev–Trinajstić information content (AvgIpc) is 3.20. The third kappa shape index (κ3) is 6.30. The highest BCUT2D eigenvalue weighted by molar-refractivity contribution is 7.19. The molecule has 0 spiro atoms. The second-order valence-corrected chi connectivity index (χ2v) is 11.2. The van der Waals surface area contributed by atoms with Crippen LogP contribution >= 0.6 is 22.9 Å². The van der Waals surface area contributed by atoms with Crippen LogP contribution in [0, 0.1) is 0 Å². The summed E-state index contributed by atoms with van der Waals surface area (Å²) in [6.45, 7) is 5.88. The highest BCUT2D eigenvalue weighted by Gasteiger charge is 2.35. The van der Waals surface area contributed by atoms with Gasteiger partial charge in [0.2, 0.25) is 0 Å². The number of hydrogen-bond donors (Lipinski definition) is 1. The molecule has 0 atom stereocenters. The number of rotatable bonds is 4. The van der Waals surface area contributed by atoms with E-state index in [1.165, 1.54) is 16.2 Å². The van der Waals surface area contributed by atoms with Crippen LogP contribution in [0.3, 0.4) is 0 Å². The summed E-state index contributed by atoms with van der Waals surface area (Å²) in [5, 5.41) is 4.31. The molecule has 1 saturated heterocycles. The van der Waals surface area contributed by atoms with E-state index in [-0.39, 0.29) is 31.8 Å². The summed E-state index contributed by atoms with van der Waals surface area (Å²) in [6, 6.07) is 13.0. The molecule has 1 fully saturated rings. The molecule has 1 aliphatic heterocycles. The highest BCUT2D eigenvalue weighted by atomic mass is 35.5. The van der Waals surface area contributed by atoms with E-state index in [1.807, 2.05) is 51.1 Å². The molecule has 186 valence electrons. The molecule has 0 aliphatic carbocycles. The van der Waals surface area contributed by atoms with E-state index in [2.05, 4.69) is 5.32 Å². The molecule has 35 heavy (non-hydrogen) atoms. The van der Waals surface area contributed by atoms with Gasteiger partial charge in [-0.25, -0.2) is 13.6 Å². The molecule has 2 heterocycles. The maximum absolute atomic E-state index is 13.4. The molecule has 5 nitrogen and oxygen atoms in total. The topological polar surface area (TPSA) is 58.6 Å². The first-order valence-corrected chi connectivity index (χ1v) is 12.6. The number of alkyl halides is 2. The molecule has 0 unspecified atom stereocenters. The molecule has 0 radical (unpaired) electrons. The quantitative estimate of drug-likeness (QED) is 0.398. The molecular weight excluding hydrogens is 494 g/mol. The van der Waals surface area contributed by atoms with E-state index < -0.39 is 17.6 Å². The van der Waals surface area contributed by atoms with Crippen LogP contribution in [0.2, 0.25) is 5.02 Å². The summed E-state index contributed by atoms with van der Waals surface area (Å²) in [5.74, 6) is -2.92. The Bertz CT molecular complexity index is 1240. The van der Waals surface area contributed by atoms with Gasteiger partial charge in [-0.2, -0.15) is 0 Å². The Kier molecular flexibility index (Phi) is 7.06. The van der Waals surface area contributed by atoms with Crippen LogP contribution in [0.5, 0.6) is 0 Å². The van der Waals surface area contributed by atoms with Crippen molar-refractivity contribution in [2.75, 3.05) is 13.1 Å². The first-order chi connectivity index (χ1) is 16.4. The summed E-state index contributed by atoms with van der Waals surface area (Å²) in [5.41, 5.74) is 1.68. The largest absolute Gasteiger partial charge is 0.444 e. The Hall–Kier alpha value is -2.71. The number of likely N-dealkylation sites (tertiary alicyclic amines) is 1. The van der Waals surface area contributed by atoms with Crippen LogP contribution in [-0.2, 0) is 11.3 Å². The molecule has 2 aromatic carbocycles. The third-order valence-corrected chi connectivity index (χ3v) is 7.27. The first kappa shape index (κ1) is 25.4. The second kappa shape index (κ2) is 9.74. The predicted octanol–water partition coefficient (Wildman–Crippen LogP) is 7.12. The maximum atomic E-state index is 13.4. The lowest BCUT2D eigenvalue weighted by Gasteiger charge is -2.31. The fourth-order valence-corrected chi connectivity index (χ4v) is 5.24. The Labute approximate surface area is 212 Å². The number of nitrogens with one attached hydrogen (secondary N) is 1. The van der Waals surface area contributed by atoms with E-state index in [9.17, 15) is 18.4 Å². The summed E-state index contributed by atoms with van der Waals surface area (Å²) in [4.78, 5) is 27.1. The van der Waals surface area contributed by atoms with Crippen LogP contribution < -0.4 is 5.32 Å². The molecule has 0 saturated carbocycles. The molecule has 3 aromatic rings. The SMILES string of the molecule is CC(C)(C)OC(=O)NCc1cc2cc(-c3ccc(C(=O)N4CCC(F)(F)CC4)cc3)cc(Cl)c2s1. The molecule has 1 aliphatic rings. The van der Waals surface area contributed by atoms with Gasteiger partial charge >= 0.3 is 6.09 Å². The standard InChI is InChI=1S/C26H27ClF2N2O3S/c1-25(2,3)34-24(33)30-15-20-13-19-12-18(14-21(27)22(19)35-20)16-4-6-17(7-5-16)23(32)31-10-8-26(28,29)9-11-31/h4-7,12-14H,8-11,15H2,1-3H3,(H,30,33). The monoisotopic (exact) mass is 520 g/mol. The van der Waals surface area contributed by atoms with Gasteiger partial charge in [-0.05, 0) is 67.6 Å². The van der Waals surface area contributed by atoms with Gasteiger partial charge < -0.3 is 15.0 Å². The van der Waals surface area contributed by atoms with E-state index in [4.69, 9.17) is 16.3 Å². The van der Waals surface area contributed by atoms with Gasteiger partial charge in [0.1, 0.15) is 5.60 Å². The van der Waals surface area contributed by atoms with Gasteiger partial charge in [0.25, 0.3) is 11.8 Å². The minimum absolute atomic E-state index is 0.0587. The van der Waals surface area contributed by atoms with Gasteiger partial charge in [0, 0.05) is 36.4 Å².